The molecule has 1 fully saturated rings. The largest absolute Gasteiger partial charge is 0.348 e. The van der Waals surface area contributed by atoms with Crippen LogP contribution >= 0.6 is 0 Å². The van der Waals surface area contributed by atoms with E-state index in [9.17, 15) is 4.79 Å². The highest BCUT2D eigenvalue weighted by molar-refractivity contribution is 5.83. The number of carbonyl (C=O) groups is 1. The topological polar surface area (TPSA) is 49.3 Å². The van der Waals surface area contributed by atoms with Crippen molar-refractivity contribution >= 4 is 5.91 Å². The summed E-state index contributed by atoms with van der Waals surface area (Å²) in [6.45, 7) is 2.44. The first-order valence-electron chi connectivity index (χ1n) is 10.4. The lowest BCUT2D eigenvalue weighted by Gasteiger charge is -2.31. The third kappa shape index (κ3) is 4.41. The normalized spacial score (nSPS) is 19.0. The molecule has 3 heterocycles. The molecule has 2 aromatic heterocycles. The summed E-state index contributed by atoms with van der Waals surface area (Å²) in [6.07, 6.45) is 7.09. The fourth-order valence-corrected chi connectivity index (χ4v) is 4.42. The Balaban J connectivity index is 1.52. The fraction of sp³-hybridized carbons (Fsp3) is 0.320. The SMILES string of the molecule is CN(C)C(=O)[C@]1(Cc2ccc(-c3cccnc3)cc2)CCN(Cc2ccccn2)C1. The van der Waals surface area contributed by atoms with Crippen LogP contribution in [0.2, 0.25) is 0 Å². The highest BCUT2D eigenvalue weighted by Gasteiger charge is 2.45. The number of likely N-dealkylation sites (tertiary alicyclic amines) is 1. The van der Waals surface area contributed by atoms with Gasteiger partial charge in [-0.15, -0.1) is 0 Å². The number of aromatic nitrogens is 2. The van der Waals surface area contributed by atoms with Gasteiger partial charge in [0, 0.05) is 45.8 Å². The quantitative estimate of drug-likeness (QED) is 0.634. The van der Waals surface area contributed by atoms with Crippen molar-refractivity contribution in [2.24, 2.45) is 5.41 Å². The summed E-state index contributed by atoms with van der Waals surface area (Å²) < 4.78 is 0. The Bertz CT molecular complexity index is 973. The molecule has 0 aliphatic carbocycles. The number of benzene rings is 1. The Morgan fingerprint density at radius 1 is 1.03 bits per heavy atom. The smallest absolute Gasteiger partial charge is 0.229 e. The molecule has 0 N–H and O–H groups in total. The summed E-state index contributed by atoms with van der Waals surface area (Å²) in [5.41, 5.74) is 4.09. The van der Waals surface area contributed by atoms with Gasteiger partial charge in [0.1, 0.15) is 0 Å². The maximum absolute atomic E-state index is 13.2. The minimum absolute atomic E-state index is 0.211. The van der Waals surface area contributed by atoms with E-state index < -0.39 is 5.41 Å². The first kappa shape index (κ1) is 20.2. The minimum atomic E-state index is -0.395. The molecule has 0 radical (unpaired) electrons. The van der Waals surface area contributed by atoms with Gasteiger partial charge in [0.15, 0.2) is 0 Å². The molecular formula is C25H28N4O. The molecule has 0 saturated carbocycles. The van der Waals surface area contributed by atoms with Crippen LogP contribution in [-0.2, 0) is 17.8 Å². The maximum Gasteiger partial charge on any atom is 0.229 e. The molecule has 1 atom stereocenters. The van der Waals surface area contributed by atoms with E-state index in [1.807, 2.05) is 50.8 Å². The number of amides is 1. The molecule has 154 valence electrons. The van der Waals surface area contributed by atoms with E-state index >= 15 is 0 Å². The third-order valence-corrected chi connectivity index (χ3v) is 5.90. The van der Waals surface area contributed by atoms with E-state index in [2.05, 4.69) is 45.2 Å². The summed E-state index contributed by atoms with van der Waals surface area (Å²) in [7, 11) is 3.72. The summed E-state index contributed by atoms with van der Waals surface area (Å²) >= 11 is 0. The fourth-order valence-electron chi connectivity index (χ4n) is 4.42. The van der Waals surface area contributed by atoms with Crippen molar-refractivity contribution < 1.29 is 4.79 Å². The average molecular weight is 401 g/mol. The molecule has 30 heavy (non-hydrogen) atoms. The van der Waals surface area contributed by atoms with Crippen LogP contribution in [0, 0.1) is 5.41 Å². The first-order valence-corrected chi connectivity index (χ1v) is 10.4. The predicted octanol–water partition coefficient (Wildman–Crippen LogP) is 3.67. The molecule has 0 spiro atoms. The Morgan fingerprint density at radius 2 is 1.87 bits per heavy atom. The summed E-state index contributed by atoms with van der Waals surface area (Å²) in [4.78, 5) is 26.0. The van der Waals surface area contributed by atoms with Crippen molar-refractivity contribution in [1.82, 2.24) is 19.8 Å². The van der Waals surface area contributed by atoms with Gasteiger partial charge in [-0.3, -0.25) is 19.7 Å². The number of nitrogens with zero attached hydrogens (tertiary/aromatic N) is 4. The monoisotopic (exact) mass is 400 g/mol. The molecule has 1 aliphatic rings. The van der Waals surface area contributed by atoms with Gasteiger partial charge in [-0.2, -0.15) is 0 Å². The average Bonchev–Trinajstić information content (AvgIpc) is 3.18. The Kier molecular flexibility index (Phi) is 5.91. The molecule has 5 nitrogen and oxygen atoms in total. The number of rotatable bonds is 6. The Morgan fingerprint density at radius 3 is 2.53 bits per heavy atom. The van der Waals surface area contributed by atoms with Crippen molar-refractivity contribution in [2.75, 3.05) is 27.2 Å². The molecule has 1 amide bonds. The van der Waals surface area contributed by atoms with Crippen molar-refractivity contribution in [2.45, 2.75) is 19.4 Å². The molecule has 0 unspecified atom stereocenters. The zero-order chi connectivity index (χ0) is 21.0. The van der Waals surface area contributed by atoms with Gasteiger partial charge in [0.25, 0.3) is 0 Å². The second-order valence-electron chi connectivity index (χ2n) is 8.38. The van der Waals surface area contributed by atoms with Crippen LogP contribution in [0.25, 0.3) is 11.1 Å². The van der Waals surface area contributed by atoms with E-state index in [4.69, 9.17) is 0 Å². The molecular weight excluding hydrogens is 372 g/mol. The van der Waals surface area contributed by atoms with Crippen LogP contribution in [0.3, 0.4) is 0 Å². The van der Waals surface area contributed by atoms with E-state index in [0.717, 1.165) is 49.3 Å². The lowest BCUT2D eigenvalue weighted by molar-refractivity contribution is -0.138. The van der Waals surface area contributed by atoms with Crippen molar-refractivity contribution in [3.63, 3.8) is 0 Å². The van der Waals surface area contributed by atoms with Gasteiger partial charge in [-0.25, -0.2) is 0 Å². The van der Waals surface area contributed by atoms with E-state index in [1.165, 1.54) is 5.56 Å². The van der Waals surface area contributed by atoms with E-state index in [1.54, 1.807) is 11.1 Å². The van der Waals surface area contributed by atoms with E-state index in [-0.39, 0.29) is 5.91 Å². The van der Waals surface area contributed by atoms with Crippen molar-refractivity contribution in [1.29, 1.82) is 0 Å². The summed E-state index contributed by atoms with van der Waals surface area (Å²) in [5.74, 6) is 0.211. The maximum atomic E-state index is 13.2. The number of hydrogen-bond donors (Lipinski definition) is 0. The van der Waals surface area contributed by atoms with Gasteiger partial charge in [-0.05, 0) is 54.3 Å². The van der Waals surface area contributed by atoms with Gasteiger partial charge in [0.2, 0.25) is 5.91 Å². The van der Waals surface area contributed by atoms with Crippen LogP contribution in [-0.4, -0.2) is 52.9 Å². The number of carbonyl (C=O) groups excluding carboxylic acids is 1. The Hall–Kier alpha value is -3.05. The van der Waals surface area contributed by atoms with Gasteiger partial charge in [-0.1, -0.05) is 36.4 Å². The standard InChI is InChI=1S/C25H28N4O/c1-28(2)24(30)25(12-15-29(19-25)18-23-7-3-4-14-27-23)16-20-8-10-21(11-9-20)22-6-5-13-26-17-22/h3-11,13-14,17H,12,15-16,18-19H2,1-2H3/t25-/m0/s1. The minimum Gasteiger partial charge on any atom is -0.348 e. The van der Waals surface area contributed by atoms with E-state index in [0.29, 0.717) is 0 Å². The first-order chi connectivity index (χ1) is 14.6. The Labute approximate surface area is 178 Å². The van der Waals surface area contributed by atoms with Crippen LogP contribution in [0.15, 0.2) is 73.2 Å². The lowest BCUT2D eigenvalue weighted by atomic mass is 9.79. The molecule has 3 aromatic rings. The second-order valence-corrected chi connectivity index (χ2v) is 8.38. The summed E-state index contributed by atoms with van der Waals surface area (Å²) in [6, 6.07) is 18.5. The number of hydrogen-bond acceptors (Lipinski definition) is 4. The molecule has 0 bridgehead atoms. The molecule has 1 aliphatic heterocycles. The second kappa shape index (κ2) is 8.76. The van der Waals surface area contributed by atoms with Crippen LogP contribution < -0.4 is 0 Å². The van der Waals surface area contributed by atoms with Gasteiger partial charge in [0.05, 0.1) is 11.1 Å². The van der Waals surface area contributed by atoms with Gasteiger partial charge >= 0.3 is 0 Å². The molecule has 4 rings (SSSR count). The van der Waals surface area contributed by atoms with Crippen molar-refractivity contribution in [3.05, 3.63) is 84.4 Å². The van der Waals surface area contributed by atoms with Crippen LogP contribution in [0.1, 0.15) is 17.7 Å². The molecule has 1 aromatic carbocycles. The highest BCUT2D eigenvalue weighted by atomic mass is 16.2. The van der Waals surface area contributed by atoms with Crippen LogP contribution in [0.4, 0.5) is 0 Å². The third-order valence-electron chi connectivity index (χ3n) is 5.90. The zero-order valence-electron chi connectivity index (χ0n) is 17.7. The highest BCUT2D eigenvalue weighted by Crippen LogP contribution is 2.37. The predicted molar refractivity (Wildman–Crippen MR) is 119 cm³/mol. The molecule has 5 heteroatoms. The van der Waals surface area contributed by atoms with Gasteiger partial charge < -0.3 is 4.90 Å². The number of pyridine rings is 2. The summed E-state index contributed by atoms with van der Waals surface area (Å²) in [5, 5.41) is 0. The van der Waals surface area contributed by atoms with Crippen LogP contribution in [0.5, 0.6) is 0 Å². The zero-order valence-corrected chi connectivity index (χ0v) is 17.7. The molecule has 1 saturated heterocycles. The lowest BCUT2D eigenvalue weighted by Crippen LogP contribution is -2.43. The van der Waals surface area contributed by atoms with Crippen molar-refractivity contribution in [3.8, 4) is 11.1 Å².